The molecule has 1 aliphatic rings. The molecule has 0 aliphatic carbocycles. The van der Waals surface area contributed by atoms with E-state index in [2.05, 4.69) is 27.8 Å². The summed E-state index contributed by atoms with van der Waals surface area (Å²) in [6, 6.07) is 15.5. The lowest BCUT2D eigenvalue weighted by molar-refractivity contribution is 0.103. The van der Waals surface area contributed by atoms with Crippen LogP contribution < -0.4 is 4.74 Å². The zero-order chi connectivity index (χ0) is 19.1. The molecule has 0 radical (unpaired) electrons. The van der Waals surface area contributed by atoms with Gasteiger partial charge in [-0.05, 0) is 80.9 Å². The lowest BCUT2D eigenvalue weighted by Crippen LogP contribution is -2.34. The number of carbonyl (C=O) groups excluding carboxylic acids is 1. The van der Waals surface area contributed by atoms with Gasteiger partial charge < -0.3 is 4.74 Å². The smallest absolute Gasteiger partial charge is 0.193 e. The zero-order valence-corrected chi connectivity index (χ0v) is 17.6. The summed E-state index contributed by atoms with van der Waals surface area (Å²) in [4.78, 5) is 15.1. The van der Waals surface area contributed by atoms with E-state index in [1.807, 2.05) is 48.5 Å². The maximum Gasteiger partial charge on any atom is 0.193 e. The molecule has 0 amide bonds. The minimum absolute atomic E-state index is 0.0342. The summed E-state index contributed by atoms with van der Waals surface area (Å²) in [6.07, 6.45) is 6.32. The van der Waals surface area contributed by atoms with Gasteiger partial charge in [-0.2, -0.15) is 0 Å². The fourth-order valence-corrected chi connectivity index (χ4v) is 3.87. The Morgan fingerprint density at radius 2 is 1.74 bits per heavy atom. The van der Waals surface area contributed by atoms with Gasteiger partial charge in [-0.3, -0.25) is 9.69 Å². The molecule has 1 aliphatic heterocycles. The summed E-state index contributed by atoms with van der Waals surface area (Å²) in [7, 11) is 0. The molecule has 4 heteroatoms. The van der Waals surface area contributed by atoms with Crippen molar-refractivity contribution < 1.29 is 9.53 Å². The maximum atomic E-state index is 12.5. The number of hydrogen-bond acceptors (Lipinski definition) is 3. The van der Waals surface area contributed by atoms with Crippen LogP contribution >= 0.6 is 15.9 Å². The second-order valence-corrected chi connectivity index (χ2v) is 8.13. The van der Waals surface area contributed by atoms with Crippen molar-refractivity contribution in [3.05, 3.63) is 64.1 Å². The average Bonchev–Trinajstić information content (AvgIpc) is 3.14. The Kier molecular flexibility index (Phi) is 7.48. The summed E-state index contributed by atoms with van der Waals surface area (Å²) in [5.41, 5.74) is 1.38. The lowest BCUT2D eigenvalue weighted by Gasteiger charge is -2.24. The van der Waals surface area contributed by atoms with Crippen molar-refractivity contribution in [2.45, 2.75) is 45.1 Å². The van der Waals surface area contributed by atoms with Crippen LogP contribution in [0.4, 0.5) is 0 Å². The largest absolute Gasteiger partial charge is 0.492 e. The first-order chi connectivity index (χ1) is 13.2. The first-order valence-electron chi connectivity index (χ1n) is 9.94. The summed E-state index contributed by atoms with van der Waals surface area (Å²) < 4.78 is 6.99. The highest BCUT2D eigenvalue weighted by molar-refractivity contribution is 9.10. The van der Waals surface area contributed by atoms with Crippen LogP contribution in [0.3, 0.4) is 0 Å². The van der Waals surface area contributed by atoms with Gasteiger partial charge in [0, 0.05) is 21.6 Å². The first kappa shape index (κ1) is 20.1. The molecule has 0 spiro atoms. The van der Waals surface area contributed by atoms with E-state index in [-0.39, 0.29) is 5.78 Å². The summed E-state index contributed by atoms with van der Waals surface area (Å²) in [6.45, 7) is 5.35. The SMILES string of the molecule is CCCCCN1CCCC1COc1ccc(C(=O)c2ccc(Br)cc2)cc1. The van der Waals surface area contributed by atoms with Gasteiger partial charge >= 0.3 is 0 Å². The van der Waals surface area contributed by atoms with Gasteiger partial charge in [-0.25, -0.2) is 0 Å². The molecule has 3 nitrogen and oxygen atoms in total. The van der Waals surface area contributed by atoms with Crippen LogP contribution in [0.25, 0.3) is 0 Å². The van der Waals surface area contributed by atoms with E-state index in [9.17, 15) is 4.79 Å². The quantitative estimate of drug-likeness (QED) is 0.377. The van der Waals surface area contributed by atoms with E-state index in [0.717, 1.165) is 16.8 Å². The van der Waals surface area contributed by atoms with Crippen LogP contribution in [0.15, 0.2) is 53.0 Å². The van der Waals surface area contributed by atoms with Crippen molar-refractivity contribution in [2.75, 3.05) is 19.7 Å². The number of unbranched alkanes of at least 4 members (excludes halogenated alkanes) is 2. The van der Waals surface area contributed by atoms with Gasteiger partial charge in [0.2, 0.25) is 0 Å². The highest BCUT2D eigenvalue weighted by Gasteiger charge is 2.24. The summed E-state index contributed by atoms with van der Waals surface area (Å²) in [5.74, 6) is 0.870. The first-order valence-corrected chi connectivity index (χ1v) is 10.7. The second-order valence-electron chi connectivity index (χ2n) is 7.21. The van der Waals surface area contributed by atoms with Crippen molar-refractivity contribution in [1.29, 1.82) is 0 Å². The molecule has 27 heavy (non-hydrogen) atoms. The van der Waals surface area contributed by atoms with Crippen molar-refractivity contribution in [3.63, 3.8) is 0 Å². The van der Waals surface area contributed by atoms with Gasteiger partial charge in [0.15, 0.2) is 5.78 Å². The van der Waals surface area contributed by atoms with Crippen LogP contribution in [0.1, 0.15) is 54.9 Å². The van der Waals surface area contributed by atoms with E-state index in [0.29, 0.717) is 17.2 Å². The molecule has 0 bridgehead atoms. The van der Waals surface area contributed by atoms with Gasteiger partial charge in [-0.15, -0.1) is 0 Å². The van der Waals surface area contributed by atoms with Gasteiger partial charge in [0.05, 0.1) is 0 Å². The number of rotatable bonds is 9. The third-order valence-electron chi connectivity index (χ3n) is 5.21. The van der Waals surface area contributed by atoms with Crippen molar-refractivity contribution in [1.82, 2.24) is 4.90 Å². The molecule has 1 saturated heterocycles. The molecule has 0 aromatic heterocycles. The Bertz CT molecular complexity index is 727. The number of halogens is 1. The third-order valence-corrected chi connectivity index (χ3v) is 5.74. The molecule has 3 rings (SSSR count). The summed E-state index contributed by atoms with van der Waals surface area (Å²) >= 11 is 3.40. The van der Waals surface area contributed by atoms with Crippen molar-refractivity contribution in [3.8, 4) is 5.75 Å². The van der Waals surface area contributed by atoms with Crippen LogP contribution in [-0.4, -0.2) is 36.4 Å². The van der Waals surface area contributed by atoms with E-state index in [1.54, 1.807) is 0 Å². The average molecular weight is 430 g/mol. The number of carbonyl (C=O) groups is 1. The predicted octanol–water partition coefficient (Wildman–Crippen LogP) is 5.71. The molecule has 1 fully saturated rings. The van der Waals surface area contributed by atoms with Crippen LogP contribution in [0, 0.1) is 0 Å². The Hall–Kier alpha value is -1.65. The number of hydrogen-bond donors (Lipinski definition) is 0. The molecule has 0 N–H and O–H groups in total. The maximum absolute atomic E-state index is 12.5. The Morgan fingerprint density at radius 1 is 1.07 bits per heavy atom. The Balaban J connectivity index is 1.53. The second kappa shape index (κ2) is 10.0. The number of benzene rings is 2. The van der Waals surface area contributed by atoms with Gasteiger partial charge in [0.25, 0.3) is 0 Å². The van der Waals surface area contributed by atoms with Gasteiger partial charge in [0.1, 0.15) is 12.4 Å². The molecular weight excluding hydrogens is 402 g/mol. The van der Waals surface area contributed by atoms with Gasteiger partial charge in [-0.1, -0.05) is 35.7 Å². The zero-order valence-electron chi connectivity index (χ0n) is 16.0. The van der Waals surface area contributed by atoms with E-state index >= 15 is 0 Å². The minimum atomic E-state index is 0.0342. The highest BCUT2D eigenvalue weighted by Crippen LogP contribution is 2.21. The standard InChI is InChI=1S/C23H28BrNO2/c1-2-3-4-15-25-16-5-6-21(25)17-27-22-13-9-19(10-14-22)23(26)18-7-11-20(24)12-8-18/h7-14,21H,2-6,15-17H2,1H3. The molecule has 2 aromatic carbocycles. The molecule has 1 unspecified atom stereocenters. The van der Waals surface area contributed by atoms with Crippen molar-refractivity contribution in [2.24, 2.45) is 0 Å². The highest BCUT2D eigenvalue weighted by atomic mass is 79.9. The van der Waals surface area contributed by atoms with Crippen LogP contribution in [-0.2, 0) is 0 Å². The monoisotopic (exact) mass is 429 g/mol. The normalized spacial score (nSPS) is 17.2. The number of ketones is 1. The molecule has 144 valence electrons. The molecule has 2 aromatic rings. The van der Waals surface area contributed by atoms with Crippen LogP contribution in [0.2, 0.25) is 0 Å². The number of likely N-dealkylation sites (tertiary alicyclic amines) is 1. The Morgan fingerprint density at radius 3 is 2.41 bits per heavy atom. The fourth-order valence-electron chi connectivity index (χ4n) is 3.61. The Labute approximate surface area is 170 Å². The number of nitrogens with zero attached hydrogens (tertiary/aromatic N) is 1. The number of ether oxygens (including phenoxy) is 1. The van der Waals surface area contributed by atoms with Crippen molar-refractivity contribution >= 4 is 21.7 Å². The third kappa shape index (κ3) is 5.66. The van der Waals surface area contributed by atoms with E-state index < -0.39 is 0 Å². The minimum Gasteiger partial charge on any atom is -0.492 e. The molecule has 1 heterocycles. The van der Waals surface area contributed by atoms with Crippen LogP contribution in [0.5, 0.6) is 5.75 Å². The lowest BCUT2D eigenvalue weighted by atomic mass is 10.0. The predicted molar refractivity (Wildman–Crippen MR) is 114 cm³/mol. The topological polar surface area (TPSA) is 29.5 Å². The molecule has 0 saturated carbocycles. The molecular formula is C23H28BrNO2. The summed E-state index contributed by atoms with van der Waals surface area (Å²) in [5, 5.41) is 0. The van der Waals surface area contributed by atoms with E-state index in [4.69, 9.17) is 4.74 Å². The molecule has 1 atom stereocenters. The fraction of sp³-hybridized carbons (Fsp3) is 0.435. The van der Waals surface area contributed by atoms with E-state index in [1.165, 1.54) is 45.2 Å².